The molecule has 1 aromatic rings. The van der Waals surface area contributed by atoms with Gasteiger partial charge in [-0.2, -0.15) is 0 Å². The number of likely N-dealkylation sites (tertiary alicyclic amines) is 1. The first kappa shape index (κ1) is 18.7. The van der Waals surface area contributed by atoms with E-state index in [1.165, 1.54) is 0 Å². The van der Waals surface area contributed by atoms with Gasteiger partial charge in [0.05, 0.1) is 12.7 Å². The largest absolute Gasteiger partial charge is 0.494 e. The van der Waals surface area contributed by atoms with Crippen LogP contribution in [0.3, 0.4) is 0 Å². The van der Waals surface area contributed by atoms with Crippen molar-refractivity contribution in [2.24, 2.45) is 0 Å². The molecule has 0 radical (unpaired) electrons. The van der Waals surface area contributed by atoms with Crippen LogP contribution in [0.5, 0.6) is 5.75 Å². The van der Waals surface area contributed by atoms with E-state index in [1.54, 1.807) is 4.90 Å². The van der Waals surface area contributed by atoms with Crippen LogP contribution in [0.1, 0.15) is 45.1 Å². The fourth-order valence-corrected chi connectivity index (χ4v) is 3.64. The van der Waals surface area contributed by atoms with Gasteiger partial charge in [-0.05, 0) is 50.8 Å². The molecule has 0 saturated carbocycles. The lowest BCUT2D eigenvalue weighted by Crippen LogP contribution is -2.55. The van der Waals surface area contributed by atoms with Crippen LogP contribution in [0.2, 0.25) is 0 Å². The van der Waals surface area contributed by atoms with Crippen LogP contribution < -0.4 is 10.1 Å². The molecule has 1 N–H and O–H groups in total. The molecule has 2 saturated heterocycles. The maximum Gasteiger partial charge on any atom is 0.245 e. The second kappa shape index (κ2) is 8.08. The molecule has 3 rings (SSSR count). The Balaban J connectivity index is 1.65. The van der Waals surface area contributed by atoms with Gasteiger partial charge >= 0.3 is 0 Å². The van der Waals surface area contributed by atoms with E-state index >= 15 is 0 Å². The van der Waals surface area contributed by atoms with Crippen LogP contribution in [-0.2, 0) is 20.9 Å². The fraction of sp³-hybridized carbons (Fsp3) is 0.600. The predicted octanol–water partition coefficient (Wildman–Crippen LogP) is 2.26. The first-order valence-electron chi connectivity index (χ1n) is 9.45. The first-order valence-corrected chi connectivity index (χ1v) is 9.45. The molecule has 2 heterocycles. The number of benzene rings is 1. The lowest BCUT2D eigenvalue weighted by atomic mass is 9.97. The highest BCUT2D eigenvalue weighted by Gasteiger charge is 2.47. The molecule has 0 aromatic heterocycles. The fourth-order valence-electron chi connectivity index (χ4n) is 3.64. The summed E-state index contributed by atoms with van der Waals surface area (Å²) in [6, 6.07) is 7.69. The van der Waals surface area contributed by atoms with Crippen LogP contribution in [0.15, 0.2) is 24.3 Å². The molecule has 2 fully saturated rings. The lowest BCUT2D eigenvalue weighted by molar-refractivity contribution is -0.141. The zero-order valence-corrected chi connectivity index (χ0v) is 15.6. The monoisotopic (exact) mass is 360 g/mol. The van der Waals surface area contributed by atoms with Gasteiger partial charge in [-0.3, -0.25) is 9.59 Å². The third kappa shape index (κ3) is 4.01. The highest BCUT2D eigenvalue weighted by molar-refractivity contribution is 5.94. The van der Waals surface area contributed by atoms with Gasteiger partial charge in [0.25, 0.3) is 0 Å². The molecule has 142 valence electrons. The minimum Gasteiger partial charge on any atom is -0.494 e. The summed E-state index contributed by atoms with van der Waals surface area (Å²) in [5.74, 6) is 0.736. The summed E-state index contributed by atoms with van der Waals surface area (Å²) in [4.78, 5) is 27.0. The number of amides is 2. The van der Waals surface area contributed by atoms with Gasteiger partial charge < -0.3 is 19.7 Å². The zero-order chi connectivity index (χ0) is 18.6. The van der Waals surface area contributed by atoms with Crippen molar-refractivity contribution in [1.29, 1.82) is 0 Å². The third-order valence-corrected chi connectivity index (χ3v) is 5.30. The summed E-state index contributed by atoms with van der Waals surface area (Å²) >= 11 is 0. The minimum absolute atomic E-state index is 0.0219. The zero-order valence-electron chi connectivity index (χ0n) is 15.6. The van der Waals surface area contributed by atoms with E-state index in [-0.39, 0.29) is 17.9 Å². The van der Waals surface area contributed by atoms with E-state index in [0.717, 1.165) is 30.8 Å². The van der Waals surface area contributed by atoms with Crippen LogP contribution >= 0.6 is 0 Å². The molecule has 2 atom stereocenters. The second-order valence-electron chi connectivity index (χ2n) is 7.18. The van der Waals surface area contributed by atoms with Gasteiger partial charge in [0.2, 0.25) is 11.8 Å². The van der Waals surface area contributed by atoms with Gasteiger partial charge in [-0.15, -0.1) is 0 Å². The summed E-state index contributed by atoms with van der Waals surface area (Å²) in [6.45, 7) is 6.12. The number of carbonyl (C=O) groups excluding carboxylic acids is 2. The van der Waals surface area contributed by atoms with Crippen molar-refractivity contribution >= 4 is 11.8 Å². The van der Waals surface area contributed by atoms with Crippen molar-refractivity contribution < 1.29 is 19.1 Å². The molecular weight excluding hydrogens is 332 g/mol. The number of rotatable bonds is 7. The Hall–Kier alpha value is -2.08. The highest BCUT2D eigenvalue weighted by atomic mass is 16.5. The predicted molar refractivity (Wildman–Crippen MR) is 97.8 cm³/mol. The normalized spacial score (nSPS) is 25.5. The maximum atomic E-state index is 12.8. The van der Waals surface area contributed by atoms with Crippen LogP contribution in [0, 0.1) is 0 Å². The van der Waals surface area contributed by atoms with Crippen LogP contribution in [0.4, 0.5) is 0 Å². The third-order valence-electron chi connectivity index (χ3n) is 5.30. The van der Waals surface area contributed by atoms with Crippen molar-refractivity contribution in [3.05, 3.63) is 29.8 Å². The molecular formula is C20H28N2O4. The van der Waals surface area contributed by atoms with Gasteiger partial charge in [-0.25, -0.2) is 0 Å². The van der Waals surface area contributed by atoms with Crippen molar-refractivity contribution in [3.63, 3.8) is 0 Å². The van der Waals surface area contributed by atoms with E-state index in [9.17, 15) is 9.59 Å². The van der Waals surface area contributed by atoms with E-state index in [2.05, 4.69) is 5.32 Å². The van der Waals surface area contributed by atoms with Gasteiger partial charge in [0, 0.05) is 26.1 Å². The van der Waals surface area contributed by atoms with Crippen LogP contribution in [0.25, 0.3) is 0 Å². The average molecular weight is 360 g/mol. The SMILES string of the molecule is CCOc1ccc(CN2C(=O)CCC2(C)C(=O)NCC2CCCO2)cc1. The number of hydrogen-bond acceptors (Lipinski definition) is 4. The van der Waals surface area contributed by atoms with E-state index in [0.29, 0.717) is 32.5 Å². The smallest absolute Gasteiger partial charge is 0.245 e. The summed E-state index contributed by atoms with van der Waals surface area (Å²) in [7, 11) is 0. The number of nitrogens with one attached hydrogen (secondary N) is 1. The molecule has 6 heteroatoms. The van der Waals surface area contributed by atoms with Gasteiger partial charge in [0.1, 0.15) is 11.3 Å². The minimum atomic E-state index is -0.811. The Labute approximate surface area is 154 Å². The Kier molecular flexibility index (Phi) is 5.81. The maximum absolute atomic E-state index is 12.8. The first-order chi connectivity index (χ1) is 12.5. The van der Waals surface area contributed by atoms with Crippen molar-refractivity contribution in [2.45, 2.75) is 57.7 Å². The van der Waals surface area contributed by atoms with Gasteiger partial charge in [0.15, 0.2) is 0 Å². The molecule has 0 bridgehead atoms. The van der Waals surface area contributed by atoms with Crippen molar-refractivity contribution in [3.8, 4) is 5.75 Å². The summed E-state index contributed by atoms with van der Waals surface area (Å²) in [5.41, 5.74) is 0.177. The second-order valence-corrected chi connectivity index (χ2v) is 7.18. The lowest BCUT2D eigenvalue weighted by Gasteiger charge is -2.34. The van der Waals surface area contributed by atoms with Crippen molar-refractivity contribution in [2.75, 3.05) is 19.8 Å². The number of hydrogen-bond donors (Lipinski definition) is 1. The highest BCUT2D eigenvalue weighted by Crippen LogP contribution is 2.32. The number of carbonyl (C=O) groups is 2. The molecule has 2 aliphatic heterocycles. The van der Waals surface area contributed by atoms with Gasteiger partial charge in [-0.1, -0.05) is 12.1 Å². The molecule has 2 amide bonds. The molecule has 6 nitrogen and oxygen atoms in total. The molecule has 1 aromatic carbocycles. The Morgan fingerprint density at radius 2 is 2.15 bits per heavy atom. The Bertz CT molecular complexity index is 640. The van der Waals surface area contributed by atoms with E-state index in [4.69, 9.17) is 9.47 Å². The number of ether oxygens (including phenoxy) is 2. The molecule has 0 aliphatic carbocycles. The topological polar surface area (TPSA) is 67.9 Å². The summed E-state index contributed by atoms with van der Waals surface area (Å²) < 4.78 is 11.0. The number of nitrogens with zero attached hydrogens (tertiary/aromatic N) is 1. The summed E-state index contributed by atoms with van der Waals surface area (Å²) in [6.07, 6.45) is 3.06. The quantitative estimate of drug-likeness (QED) is 0.810. The molecule has 2 unspecified atom stereocenters. The standard InChI is InChI=1S/C20H28N2O4/c1-3-25-16-8-6-15(7-9-16)14-22-18(23)10-11-20(22,2)19(24)21-13-17-5-4-12-26-17/h6-9,17H,3-5,10-14H2,1-2H3,(H,21,24). The van der Waals surface area contributed by atoms with Crippen LogP contribution in [-0.4, -0.2) is 48.1 Å². The van der Waals surface area contributed by atoms with E-state index in [1.807, 2.05) is 38.1 Å². The molecule has 2 aliphatic rings. The summed E-state index contributed by atoms with van der Waals surface area (Å²) in [5, 5.41) is 2.99. The average Bonchev–Trinajstić information content (AvgIpc) is 3.26. The Morgan fingerprint density at radius 1 is 1.38 bits per heavy atom. The Morgan fingerprint density at radius 3 is 2.81 bits per heavy atom. The van der Waals surface area contributed by atoms with E-state index < -0.39 is 5.54 Å². The molecule has 26 heavy (non-hydrogen) atoms. The van der Waals surface area contributed by atoms with Crippen molar-refractivity contribution in [1.82, 2.24) is 10.2 Å². The molecule has 0 spiro atoms.